The third-order valence-corrected chi connectivity index (χ3v) is 9.12. The molecule has 0 spiro atoms. The fraction of sp³-hybridized carbons (Fsp3) is 0.316. The zero-order valence-electron chi connectivity index (χ0n) is 30.8. The van der Waals surface area contributed by atoms with Gasteiger partial charge in [0.2, 0.25) is 47.1 Å². The van der Waals surface area contributed by atoms with Gasteiger partial charge in [0.25, 0.3) is 0 Å². The molecule has 282 valence electrons. The minimum absolute atomic E-state index is 0.250. The molecular weight excluding hydrogens is 735 g/mol. The fourth-order valence-electron chi connectivity index (χ4n) is 5.78. The van der Waals surface area contributed by atoms with Crippen LogP contribution in [0.4, 0.5) is 0 Å². The standard InChI is InChI=1S/C38H40Cl2N8O6/c1-21-25(19-51-37-31(39)13-27(35(43-37)49-5)15-41-17-33-47-45-23(3)53-33)9-7-11-29(21)30-12-8-10-26(22(30)2)20-52-38-32(40)14-28(36(44-38)50-6)16-42-18-34-48-46-24(4)54-34/h7-14,41-42H,15-20H2,1-6H3. The summed E-state index contributed by atoms with van der Waals surface area (Å²) in [5.74, 6) is 3.34. The van der Waals surface area contributed by atoms with E-state index in [2.05, 4.69) is 67.0 Å². The summed E-state index contributed by atoms with van der Waals surface area (Å²) >= 11 is 13.3. The molecule has 16 heteroatoms. The molecule has 0 fully saturated rings. The molecule has 54 heavy (non-hydrogen) atoms. The zero-order valence-corrected chi connectivity index (χ0v) is 32.3. The van der Waals surface area contributed by atoms with Crippen LogP contribution in [0.2, 0.25) is 10.0 Å². The van der Waals surface area contributed by atoms with Gasteiger partial charge >= 0.3 is 0 Å². The molecule has 6 aromatic rings. The predicted molar refractivity (Wildman–Crippen MR) is 201 cm³/mol. The lowest BCUT2D eigenvalue weighted by atomic mass is 9.92. The van der Waals surface area contributed by atoms with Crippen LogP contribution in [0, 0.1) is 27.7 Å². The van der Waals surface area contributed by atoms with Gasteiger partial charge in [-0.3, -0.25) is 0 Å². The number of hydrogen-bond acceptors (Lipinski definition) is 14. The van der Waals surface area contributed by atoms with Crippen LogP contribution in [0.5, 0.6) is 23.5 Å². The molecule has 0 amide bonds. The average Bonchev–Trinajstić information content (AvgIpc) is 3.78. The van der Waals surface area contributed by atoms with Crippen molar-refractivity contribution >= 4 is 23.2 Å². The van der Waals surface area contributed by atoms with E-state index in [0.29, 0.717) is 71.5 Å². The Bertz CT molecular complexity index is 2070. The Hall–Kier alpha value is -5.28. The Morgan fingerprint density at radius 2 is 0.981 bits per heavy atom. The molecule has 0 bridgehead atoms. The van der Waals surface area contributed by atoms with E-state index in [4.69, 9.17) is 51.0 Å². The summed E-state index contributed by atoms with van der Waals surface area (Å²) < 4.78 is 34.2. The van der Waals surface area contributed by atoms with E-state index < -0.39 is 0 Å². The van der Waals surface area contributed by atoms with E-state index in [0.717, 1.165) is 44.5 Å². The van der Waals surface area contributed by atoms with E-state index in [1.54, 1.807) is 40.2 Å². The zero-order chi connectivity index (χ0) is 38.2. The molecule has 0 aliphatic rings. The fourth-order valence-corrected chi connectivity index (χ4v) is 6.24. The number of nitrogens with one attached hydrogen (secondary N) is 2. The van der Waals surface area contributed by atoms with Crippen molar-refractivity contribution in [1.29, 1.82) is 0 Å². The Morgan fingerprint density at radius 3 is 1.35 bits per heavy atom. The lowest BCUT2D eigenvalue weighted by molar-refractivity contribution is 0.285. The Morgan fingerprint density at radius 1 is 0.556 bits per heavy atom. The molecule has 6 rings (SSSR count). The van der Waals surface area contributed by atoms with Crippen LogP contribution in [-0.2, 0) is 39.4 Å². The highest BCUT2D eigenvalue weighted by atomic mass is 35.5. The van der Waals surface area contributed by atoms with Crippen molar-refractivity contribution < 1.29 is 27.8 Å². The van der Waals surface area contributed by atoms with Crippen molar-refractivity contribution in [3.8, 4) is 34.6 Å². The monoisotopic (exact) mass is 774 g/mol. The third kappa shape index (κ3) is 9.26. The number of rotatable bonds is 17. The van der Waals surface area contributed by atoms with Gasteiger partial charge in [0.05, 0.1) is 27.3 Å². The van der Waals surface area contributed by atoms with Gasteiger partial charge in [0.15, 0.2) is 0 Å². The van der Waals surface area contributed by atoms with E-state index in [1.807, 2.05) is 24.3 Å². The number of pyridine rings is 2. The summed E-state index contributed by atoms with van der Waals surface area (Å²) in [6.45, 7) is 9.76. The molecule has 2 N–H and O–H groups in total. The molecule has 14 nitrogen and oxygen atoms in total. The topological polar surface area (TPSA) is 165 Å². The number of methoxy groups -OCH3 is 2. The molecule has 0 saturated carbocycles. The van der Waals surface area contributed by atoms with E-state index >= 15 is 0 Å². The summed E-state index contributed by atoms with van der Waals surface area (Å²) in [6.07, 6.45) is 0. The van der Waals surface area contributed by atoms with Crippen molar-refractivity contribution in [3.05, 3.63) is 116 Å². The van der Waals surface area contributed by atoms with Crippen LogP contribution in [0.15, 0.2) is 57.4 Å². The van der Waals surface area contributed by atoms with Crippen LogP contribution < -0.4 is 29.6 Å². The SMILES string of the molecule is COc1nc(OCc2cccc(-c3cccc(COc4nc(OC)c(CNCc5nnc(C)o5)cc4Cl)c3C)c2C)c(Cl)cc1CNCc1nnc(C)o1. The maximum Gasteiger partial charge on any atom is 0.236 e. The Balaban J connectivity index is 1.11. The quantitative estimate of drug-likeness (QED) is 0.0955. The number of aromatic nitrogens is 6. The van der Waals surface area contributed by atoms with Crippen molar-refractivity contribution in [2.24, 2.45) is 0 Å². The maximum absolute atomic E-state index is 6.63. The molecule has 0 aliphatic carbocycles. The molecule has 0 aliphatic heterocycles. The number of nitrogens with zero attached hydrogens (tertiary/aromatic N) is 6. The van der Waals surface area contributed by atoms with Gasteiger partial charge in [0.1, 0.15) is 23.3 Å². The van der Waals surface area contributed by atoms with Gasteiger partial charge < -0.3 is 38.4 Å². The number of halogens is 2. The number of aryl methyl sites for hydroxylation is 2. The second kappa shape index (κ2) is 17.7. The number of hydrogen-bond donors (Lipinski definition) is 2. The molecule has 2 aromatic carbocycles. The first-order valence-corrected chi connectivity index (χ1v) is 17.8. The summed E-state index contributed by atoms with van der Waals surface area (Å²) in [4.78, 5) is 9.10. The molecule has 4 aromatic heterocycles. The second-order valence-corrected chi connectivity index (χ2v) is 13.1. The maximum atomic E-state index is 6.63. The summed E-state index contributed by atoms with van der Waals surface area (Å²) in [5, 5.41) is 22.9. The van der Waals surface area contributed by atoms with Crippen molar-refractivity contribution in [1.82, 2.24) is 41.0 Å². The van der Waals surface area contributed by atoms with E-state index in [9.17, 15) is 0 Å². The second-order valence-electron chi connectivity index (χ2n) is 12.3. The minimum atomic E-state index is 0.250. The summed E-state index contributed by atoms with van der Waals surface area (Å²) in [7, 11) is 3.11. The molecule has 0 atom stereocenters. The van der Waals surface area contributed by atoms with Gasteiger partial charge in [-0.1, -0.05) is 59.6 Å². The lowest BCUT2D eigenvalue weighted by Gasteiger charge is -2.17. The van der Waals surface area contributed by atoms with Gasteiger partial charge in [-0.15, -0.1) is 20.4 Å². The lowest BCUT2D eigenvalue weighted by Crippen LogP contribution is -2.14. The van der Waals surface area contributed by atoms with Crippen LogP contribution >= 0.6 is 23.2 Å². The molecular formula is C38H40Cl2N8O6. The molecule has 0 radical (unpaired) electrons. The summed E-state index contributed by atoms with van der Waals surface area (Å²) in [5.41, 5.74) is 7.74. The van der Waals surface area contributed by atoms with Crippen molar-refractivity contribution in [3.63, 3.8) is 0 Å². The van der Waals surface area contributed by atoms with Crippen LogP contribution in [0.3, 0.4) is 0 Å². The normalized spacial score (nSPS) is 11.2. The molecule has 4 heterocycles. The van der Waals surface area contributed by atoms with Crippen molar-refractivity contribution in [2.75, 3.05) is 14.2 Å². The van der Waals surface area contributed by atoms with Crippen molar-refractivity contribution in [2.45, 2.75) is 67.1 Å². The highest BCUT2D eigenvalue weighted by Crippen LogP contribution is 2.34. The third-order valence-electron chi connectivity index (χ3n) is 8.58. The average molecular weight is 776 g/mol. The highest BCUT2D eigenvalue weighted by Gasteiger charge is 2.17. The predicted octanol–water partition coefficient (Wildman–Crippen LogP) is 7.20. The molecule has 0 saturated heterocycles. The largest absolute Gasteiger partial charge is 0.481 e. The molecule has 0 unspecified atom stereocenters. The summed E-state index contributed by atoms with van der Waals surface area (Å²) in [6, 6.07) is 15.8. The Kier molecular flexibility index (Phi) is 12.6. The highest BCUT2D eigenvalue weighted by molar-refractivity contribution is 6.32. The van der Waals surface area contributed by atoms with Gasteiger partial charge in [-0.05, 0) is 59.4 Å². The van der Waals surface area contributed by atoms with Crippen LogP contribution in [0.25, 0.3) is 11.1 Å². The first-order valence-electron chi connectivity index (χ1n) is 17.0. The van der Waals surface area contributed by atoms with Gasteiger partial charge in [0, 0.05) is 38.1 Å². The van der Waals surface area contributed by atoms with Crippen LogP contribution in [0.1, 0.15) is 56.9 Å². The van der Waals surface area contributed by atoms with Gasteiger partial charge in [-0.2, -0.15) is 9.97 Å². The van der Waals surface area contributed by atoms with E-state index in [1.165, 1.54) is 0 Å². The van der Waals surface area contributed by atoms with Gasteiger partial charge in [-0.25, -0.2) is 0 Å². The number of ether oxygens (including phenoxy) is 4. The smallest absolute Gasteiger partial charge is 0.236 e. The first kappa shape index (κ1) is 38.4. The number of benzene rings is 2. The van der Waals surface area contributed by atoms with Crippen LogP contribution in [-0.4, -0.2) is 44.6 Å². The minimum Gasteiger partial charge on any atom is -0.481 e. The Labute approximate surface area is 322 Å². The van der Waals surface area contributed by atoms with E-state index in [-0.39, 0.29) is 25.0 Å². The first-order chi connectivity index (χ1) is 26.1.